The van der Waals surface area contributed by atoms with Crippen molar-refractivity contribution in [1.29, 1.82) is 0 Å². The van der Waals surface area contributed by atoms with Crippen LogP contribution in [0.5, 0.6) is 0 Å². The third kappa shape index (κ3) is 3.30. The van der Waals surface area contributed by atoms with Crippen molar-refractivity contribution in [3.63, 3.8) is 0 Å². The summed E-state index contributed by atoms with van der Waals surface area (Å²) >= 11 is 0. The molecular weight excluding hydrogens is 272 g/mol. The molecule has 1 saturated heterocycles. The Morgan fingerprint density at radius 2 is 2.05 bits per heavy atom. The maximum Gasteiger partial charge on any atom is 0.270 e. The molecule has 0 radical (unpaired) electrons. The van der Waals surface area contributed by atoms with Gasteiger partial charge in [0.2, 0.25) is 5.91 Å². The lowest BCUT2D eigenvalue weighted by molar-refractivity contribution is -0.127. The molecule has 1 aliphatic rings. The fourth-order valence-electron chi connectivity index (χ4n) is 2.26. The minimum Gasteiger partial charge on any atom is -0.381 e. The van der Waals surface area contributed by atoms with Gasteiger partial charge in [0.15, 0.2) is 0 Å². The molecular formula is C14H20N4O3. The van der Waals surface area contributed by atoms with Crippen molar-refractivity contribution >= 4 is 17.5 Å². The van der Waals surface area contributed by atoms with Gasteiger partial charge in [0.05, 0.1) is 0 Å². The van der Waals surface area contributed by atoms with E-state index in [1.54, 1.807) is 18.3 Å². The van der Waals surface area contributed by atoms with Gasteiger partial charge < -0.3 is 20.7 Å². The highest BCUT2D eigenvalue weighted by Crippen LogP contribution is 2.21. The van der Waals surface area contributed by atoms with Crippen molar-refractivity contribution in [2.75, 3.05) is 32.2 Å². The molecule has 1 aliphatic heterocycles. The highest BCUT2D eigenvalue weighted by atomic mass is 16.5. The summed E-state index contributed by atoms with van der Waals surface area (Å²) < 4.78 is 5.23. The van der Waals surface area contributed by atoms with Gasteiger partial charge in [-0.15, -0.1) is 0 Å². The van der Waals surface area contributed by atoms with E-state index in [4.69, 9.17) is 10.5 Å². The fraction of sp³-hybridized carbons (Fsp3) is 0.500. The van der Waals surface area contributed by atoms with Crippen LogP contribution in [-0.4, -0.2) is 49.6 Å². The van der Waals surface area contributed by atoms with Crippen molar-refractivity contribution in [2.45, 2.75) is 18.4 Å². The number of nitrogens with zero attached hydrogens (tertiary/aromatic N) is 2. The number of amides is 2. The number of primary amides is 1. The molecule has 1 aromatic rings. The van der Waals surface area contributed by atoms with Gasteiger partial charge in [-0.05, 0) is 12.1 Å². The van der Waals surface area contributed by atoms with Crippen molar-refractivity contribution < 1.29 is 14.3 Å². The van der Waals surface area contributed by atoms with E-state index in [1.165, 1.54) is 0 Å². The van der Waals surface area contributed by atoms with Crippen LogP contribution >= 0.6 is 0 Å². The average molecular weight is 292 g/mol. The Balaban J connectivity index is 2.19. The lowest BCUT2D eigenvalue weighted by Crippen LogP contribution is -2.60. The van der Waals surface area contributed by atoms with Crippen molar-refractivity contribution in [3.05, 3.63) is 24.0 Å². The minimum absolute atomic E-state index is 0.258. The molecule has 2 amide bonds. The van der Waals surface area contributed by atoms with Gasteiger partial charge in [-0.1, -0.05) is 0 Å². The SMILES string of the molecule is CN(C)c1ccnc(C(=O)NC2(C(N)=O)CCOCC2)c1. The number of carbonyl (C=O) groups excluding carboxylic acids is 2. The molecule has 1 aromatic heterocycles. The van der Waals surface area contributed by atoms with Crippen LogP contribution in [-0.2, 0) is 9.53 Å². The number of nitrogens with one attached hydrogen (secondary N) is 1. The summed E-state index contributed by atoms with van der Waals surface area (Å²) in [5.74, 6) is -0.942. The van der Waals surface area contributed by atoms with Gasteiger partial charge in [-0.25, -0.2) is 0 Å². The Morgan fingerprint density at radius 3 is 2.62 bits per heavy atom. The van der Waals surface area contributed by atoms with E-state index >= 15 is 0 Å². The van der Waals surface area contributed by atoms with Crippen LogP contribution in [0.1, 0.15) is 23.3 Å². The minimum atomic E-state index is -1.05. The van der Waals surface area contributed by atoms with E-state index in [0.29, 0.717) is 26.1 Å². The molecule has 0 spiro atoms. The molecule has 21 heavy (non-hydrogen) atoms. The van der Waals surface area contributed by atoms with Gasteiger partial charge in [-0.3, -0.25) is 14.6 Å². The maximum atomic E-state index is 12.4. The van der Waals surface area contributed by atoms with Gasteiger partial charge in [0.25, 0.3) is 5.91 Å². The summed E-state index contributed by atoms with van der Waals surface area (Å²) in [6.07, 6.45) is 2.31. The molecule has 0 bridgehead atoms. The van der Waals surface area contributed by atoms with Crippen LogP contribution in [0.15, 0.2) is 18.3 Å². The number of pyridine rings is 1. The number of aromatic nitrogens is 1. The molecule has 114 valence electrons. The van der Waals surface area contributed by atoms with Crippen LogP contribution in [0, 0.1) is 0 Å². The van der Waals surface area contributed by atoms with Crippen molar-refractivity contribution in [3.8, 4) is 0 Å². The van der Waals surface area contributed by atoms with E-state index in [0.717, 1.165) is 5.69 Å². The zero-order valence-corrected chi connectivity index (χ0v) is 12.3. The molecule has 0 aliphatic carbocycles. The molecule has 0 atom stereocenters. The topological polar surface area (TPSA) is 97.5 Å². The molecule has 1 fully saturated rings. The van der Waals surface area contributed by atoms with E-state index in [-0.39, 0.29) is 5.69 Å². The Hall–Kier alpha value is -2.15. The van der Waals surface area contributed by atoms with Crippen molar-refractivity contribution in [2.24, 2.45) is 5.73 Å². The average Bonchev–Trinajstić information content (AvgIpc) is 2.48. The highest BCUT2D eigenvalue weighted by Gasteiger charge is 2.40. The maximum absolute atomic E-state index is 12.4. The first-order valence-electron chi connectivity index (χ1n) is 6.78. The van der Waals surface area contributed by atoms with E-state index in [2.05, 4.69) is 10.3 Å². The Labute approximate surface area is 123 Å². The lowest BCUT2D eigenvalue weighted by Gasteiger charge is -2.34. The number of ether oxygens (including phenoxy) is 1. The fourth-order valence-corrected chi connectivity index (χ4v) is 2.26. The van der Waals surface area contributed by atoms with E-state index in [9.17, 15) is 9.59 Å². The first kappa shape index (κ1) is 15.2. The zero-order valence-electron chi connectivity index (χ0n) is 12.3. The summed E-state index contributed by atoms with van der Waals surface area (Å²) in [7, 11) is 3.75. The van der Waals surface area contributed by atoms with Crippen LogP contribution in [0.25, 0.3) is 0 Å². The second-order valence-electron chi connectivity index (χ2n) is 5.31. The first-order valence-corrected chi connectivity index (χ1v) is 6.78. The Bertz CT molecular complexity index is 539. The largest absolute Gasteiger partial charge is 0.381 e. The molecule has 0 saturated carbocycles. The summed E-state index contributed by atoms with van der Waals surface area (Å²) in [6.45, 7) is 0.794. The zero-order chi connectivity index (χ0) is 15.5. The molecule has 0 unspecified atom stereocenters. The lowest BCUT2D eigenvalue weighted by atomic mass is 9.89. The molecule has 2 heterocycles. The van der Waals surface area contributed by atoms with Gasteiger partial charge >= 0.3 is 0 Å². The third-order valence-electron chi connectivity index (χ3n) is 3.66. The second kappa shape index (κ2) is 6.09. The Kier molecular flexibility index (Phi) is 4.42. The number of carbonyl (C=O) groups is 2. The van der Waals surface area contributed by atoms with Gasteiger partial charge in [0.1, 0.15) is 11.2 Å². The van der Waals surface area contributed by atoms with E-state index in [1.807, 2.05) is 19.0 Å². The highest BCUT2D eigenvalue weighted by molar-refractivity contribution is 5.98. The van der Waals surface area contributed by atoms with Crippen LogP contribution in [0.2, 0.25) is 0 Å². The standard InChI is InChI=1S/C14H20N4O3/c1-18(2)10-3-6-16-11(9-10)12(19)17-14(13(15)20)4-7-21-8-5-14/h3,6,9H,4-5,7-8H2,1-2H3,(H2,15,20)(H,17,19). The first-order chi connectivity index (χ1) is 9.94. The smallest absolute Gasteiger partial charge is 0.270 e. The van der Waals surface area contributed by atoms with Gasteiger partial charge in [0, 0.05) is 52.0 Å². The molecule has 7 nitrogen and oxygen atoms in total. The predicted molar refractivity (Wildman–Crippen MR) is 78.0 cm³/mol. The summed E-state index contributed by atoms with van der Waals surface area (Å²) in [5, 5.41) is 2.74. The molecule has 0 aromatic carbocycles. The number of anilines is 1. The normalized spacial score (nSPS) is 17.0. The summed E-state index contributed by atoms with van der Waals surface area (Å²) in [5.41, 5.74) is 5.53. The molecule has 2 rings (SSSR count). The summed E-state index contributed by atoms with van der Waals surface area (Å²) in [4.78, 5) is 30.0. The third-order valence-corrected chi connectivity index (χ3v) is 3.66. The second-order valence-corrected chi connectivity index (χ2v) is 5.31. The quantitative estimate of drug-likeness (QED) is 0.808. The number of nitrogens with two attached hydrogens (primary N) is 1. The predicted octanol–water partition coefficient (Wildman–Crippen LogP) is -0.0881. The van der Waals surface area contributed by atoms with Crippen LogP contribution in [0.3, 0.4) is 0 Å². The van der Waals surface area contributed by atoms with Crippen LogP contribution < -0.4 is 16.0 Å². The van der Waals surface area contributed by atoms with Crippen LogP contribution in [0.4, 0.5) is 5.69 Å². The number of hydrogen-bond acceptors (Lipinski definition) is 5. The van der Waals surface area contributed by atoms with E-state index < -0.39 is 17.4 Å². The monoisotopic (exact) mass is 292 g/mol. The number of hydrogen-bond donors (Lipinski definition) is 2. The molecule has 7 heteroatoms. The summed E-state index contributed by atoms with van der Waals surface area (Å²) in [6, 6.07) is 3.47. The molecule has 3 N–H and O–H groups in total. The number of rotatable bonds is 4. The Morgan fingerprint density at radius 1 is 1.38 bits per heavy atom. The van der Waals surface area contributed by atoms with Gasteiger partial charge in [-0.2, -0.15) is 0 Å². The van der Waals surface area contributed by atoms with Crippen molar-refractivity contribution in [1.82, 2.24) is 10.3 Å².